The van der Waals surface area contributed by atoms with Gasteiger partial charge in [-0.1, -0.05) is 0 Å². The van der Waals surface area contributed by atoms with E-state index in [4.69, 9.17) is 13.9 Å². The number of amides is 1. The Bertz CT molecular complexity index is 767. The predicted molar refractivity (Wildman–Crippen MR) is 88.5 cm³/mol. The van der Waals surface area contributed by atoms with Gasteiger partial charge in [-0.25, -0.2) is 4.98 Å². The number of hydrogen-bond acceptors (Lipinski definition) is 6. The first-order chi connectivity index (χ1) is 12.2. The van der Waals surface area contributed by atoms with Gasteiger partial charge >= 0.3 is 0 Å². The third kappa shape index (κ3) is 3.24. The van der Waals surface area contributed by atoms with Crippen LogP contribution in [0.25, 0.3) is 0 Å². The van der Waals surface area contributed by atoms with E-state index in [0.717, 1.165) is 43.4 Å². The van der Waals surface area contributed by atoms with E-state index in [-0.39, 0.29) is 5.91 Å². The summed E-state index contributed by atoms with van der Waals surface area (Å²) in [5.41, 5.74) is 1.25. The van der Waals surface area contributed by atoms with Gasteiger partial charge in [0.05, 0.1) is 13.7 Å². The molecule has 1 fully saturated rings. The van der Waals surface area contributed by atoms with Crippen molar-refractivity contribution in [3.05, 3.63) is 41.4 Å². The standard InChI is InChI=1S/C18H21N3O4/c1-23-13-2-6-19-14(10-13)18(22)21-7-3-16-15(11-21)20-17(25-16)12-4-8-24-9-5-12/h2,6,10,12H,3-5,7-9,11H2,1H3. The lowest BCUT2D eigenvalue weighted by molar-refractivity contribution is 0.0719. The molecule has 132 valence electrons. The maximum absolute atomic E-state index is 12.7. The fourth-order valence-corrected chi connectivity index (χ4v) is 3.33. The minimum absolute atomic E-state index is 0.111. The number of nitrogens with zero attached hydrogens (tertiary/aromatic N) is 3. The lowest BCUT2D eigenvalue weighted by Crippen LogP contribution is -2.36. The van der Waals surface area contributed by atoms with E-state index in [9.17, 15) is 4.79 Å². The second-order valence-electron chi connectivity index (χ2n) is 6.37. The van der Waals surface area contributed by atoms with Gasteiger partial charge in [-0.3, -0.25) is 9.78 Å². The van der Waals surface area contributed by atoms with E-state index in [1.807, 2.05) is 0 Å². The Morgan fingerprint density at radius 3 is 3.00 bits per heavy atom. The molecule has 0 atom stereocenters. The number of aromatic nitrogens is 2. The van der Waals surface area contributed by atoms with Crippen LogP contribution in [0, 0.1) is 0 Å². The van der Waals surface area contributed by atoms with E-state index in [1.165, 1.54) is 0 Å². The van der Waals surface area contributed by atoms with Gasteiger partial charge in [0, 0.05) is 44.4 Å². The van der Waals surface area contributed by atoms with Crippen LogP contribution >= 0.6 is 0 Å². The Morgan fingerprint density at radius 1 is 1.36 bits per heavy atom. The Kier molecular flexibility index (Phi) is 4.40. The summed E-state index contributed by atoms with van der Waals surface area (Å²) >= 11 is 0. The van der Waals surface area contributed by atoms with Gasteiger partial charge < -0.3 is 18.8 Å². The zero-order valence-corrected chi connectivity index (χ0v) is 14.2. The van der Waals surface area contributed by atoms with Crippen molar-refractivity contribution < 1.29 is 18.7 Å². The molecule has 4 rings (SSSR count). The zero-order valence-electron chi connectivity index (χ0n) is 14.2. The molecule has 0 saturated carbocycles. The molecule has 2 aromatic heterocycles. The number of ether oxygens (including phenoxy) is 2. The molecule has 0 spiro atoms. The number of carbonyl (C=O) groups is 1. The highest BCUT2D eigenvalue weighted by atomic mass is 16.5. The molecule has 0 aromatic carbocycles. The molecule has 0 unspecified atom stereocenters. The number of fused-ring (bicyclic) bond motifs is 1. The van der Waals surface area contributed by atoms with E-state index < -0.39 is 0 Å². The topological polar surface area (TPSA) is 77.7 Å². The molecule has 0 radical (unpaired) electrons. The highest BCUT2D eigenvalue weighted by Gasteiger charge is 2.29. The Labute approximate surface area is 146 Å². The maximum Gasteiger partial charge on any atom is 0.272 e. The summed E-state index contributed by atoms with van der Waals surface area (Å²) in [5, 5.41) is 0. The summed E-state index contributed by atoms with van der Waals surface area (Å²) in [6.45, 7) is 2.57. The van der Waals surface area contributed by atoms with Crippen molar-refractivity contribution >= 4 is 5.91 Å². The molecule has 2 aromatic rings. The van der Waals surface area contributed by atoms with Crippen molar-refractivity contribution in [2.75, 3.05) is 26.9 Å². The molecule has 1 saturated heterocycles. The van der Waals surface area contributed by atoms with E-state index in [2.05, 4.69) is 9.97 Å². The lowest BCUT2D eigenvalue weighted by atomic mass is 10.0. The first kappa shape index (κ1) is 16.1. The van der Waals surface area contributed by atoms with Gasteiger partial charge in [0.1, 0.15) is 22.9 Å². The highest BCUT2D eigenvalue weighted by Crippen LogP contribution is 2.30. The first-order valence-corrected chi connectivity index (χ1v) is 8.60. The molecular weight excluding hydrogens is 322 g/mol. The molecule has 0 N–H and O–H groups in total. The smallest absolute Gasteiger partial charge is 0.272 e. The van der Waals surface area contributed by atoms with Crippen molar-refractivity contribution in [2.45, 2.75) is 31.7 Å². The third-order valence-corrected chi connectivity index (χ3v) is 4.79. The van der Waals surface area contributed by atoms with Crippen LogP contribution < -0.4 is 4.74 Å². The summed E-state index contributed by atoms with van der Waals surface area (Å²) in [5.74, 6) is 2.54. The van der Waals surface area contributed by atoms with Crippen molar-refractivity contribution in [2.24, 2.45) is 0 Å². The molecule has 0 bridgehead atoms. The van der Waals surface area contributed by atoms with Crippen LogP contribution in [0.3, 0.4) is 0 Å². The summed E-state index contributed by atoms with van der Waals surface area (Å²) < 4.78 is 16.5. The molecule has 2 aliphatic rings. The molecule has 25 heavy (non-hydrogen) atoms. The average Bonchev–Trinajstić information content (AvgIpc) is 3.11. The summed E-state index contributed by atoms with van der Waals surface area (Å²) in [6.07, 6.45) is 4.15. The Balaban J connectivity index is 1.50. The van der Waals surface area contributed by atoms with Crippen LogP contribution in [0.15, 0.2) is 22.7 Å². The molecule has 7 nitrogen and oxygen atoms in total. The maximum atomic E-state index is 12.7. The zero-order chi connectivity index (χ0) is 17.2. The predicted octanol–water partition coefficient (Wildman–Crippen LogP) is 2.17. The van der Waals surface area contributed by atoms with Crippen molar-refractivity contribution in [1.82, 2.24) is 14.9 Å². The molecular formula is C18H21N3O4. The van der Waals surface area contributed by atoms with E-state index in [0.29, 0.717) is 36.9 Å². The minimum atomic E-state index is -0.111. The Hall–Kier alpha value is -2.41. The van der Waals surface area contributed by atoms with Crippen LogP contribution in [0.2, 0.25) is 0 Å². The first-order valence-electron chi connectivity index (χ1n) is 8.60. The monoisotopic (exact) mass is 343 g/mol. The van der Waals surface area contributed by atoms with Crippen LogP contribution in [-0.2, 0) is 17.7 Å². The minimum Gasteiger partial charge on any atom is -0.497 e. The number of hydrogen-bond donors (Lipinski definition) is 0. The summed E-state index contributed by atoms with van der Waals surface area (Å²) in [7, 11) is 1.57. The van der Waals surface area contributed by atoms with Gasteiger partial charge in [-0.2, -0.15) is 0 Å². The van der Waals surface area contributed by atoms with Gasteiger partial charge in [-0.15, -0.1) is 0 Å². The number of rotatable bonds is 3. The highest BCUT2D eigenvalue weighted by molar-refractivity contribution is 5.92. The third-order valence-electron chi connectivity index (χ3n) is 4.79. The SMILES string of the molecule is COc1ccnc(C(=O)N2CCc3oc(C4CCOCC4)nc3C2)c1. The normalized spacial score (nSPS) is 18.0. The van der Waals surface area contributed by atoms with Crippen LogP contribution in [0.4, 0.5) is 0 Å². The van der Waals surface area contributed by atoms with Crippen LogP contribution in [0.5, 0.6) is 5.75 Å². The summed E-state index contributed by atoms with van der Waals surface area (Å²) in [4.78, 5) is 23.3. The van der Waals surface area contributed by atoms with Crippen LogP contribution in [-0.4, -0.2) is 47.6 Å². The molecule has 1 amide bonds. The fourth-order valence-electron chi connectivity index (χ4n) is 3.33. The van der Waals surface area contributed by atoms with E-state index >= 15 is 0 Å². The molecule has 7 heteroatoms. The van der Waals surface area contributed by atoms with Crippen molar-refractivity contribution in [1.29, 1.82) is 0 Å². The summed E-state index contributed by atoms with van der Waals surface area (Å²) in [6, 6.07) is 3.39. The number of oxazole rings is 1. The van der Waals surface area contributed by atoms with E-state index in [1.54, 1.807) is 30.3 Å². The second kappa shape index (κ2) is 6.84. The second-order valence-corrected chi connectivity index (χ2v) is 6.37. The lowest BCUT2D eigenvalue weighted by Gasteiger charge is -2.25. The number of pyridine rings is 1. The van der Waals surface area contributed by atoms with Crippen molar-refractivity contribution in [3.63, 3.8) is 0 Å². The number of carbonyl (C=O) groups excluding carboxylic acids is 1. The van der Waals surface area contributed by atoms with Crippen LogP contribution in [0.1, 0.15) is 46.6 Å². The number of methoxy groups -OCH3 is 1. The average molecular weight is 343 g/mol. The quantitative estimate of drug-likeness (QED) is 0.850. The molecule has 2 aliphatic heterocycles. The largest absolute Gasteiger partial charge is 0.497 e. The van der Waals surface area contributed by atoms with Gasteiger partial charge in [0.25, 0.3) is 5.91 Å². The van der Waals surface area contributed by atoms with Gasteiger partial charge in [-0.05, 0) is 18.9 Å². The van der Waals surface area contributed by atoms with Gasteiger partial charge in [0.2, 0.25) is 0 Å². The fraction of sp³-hybridized carbons (Fsp3) is 0.500. The molecule has 0 aliphatic carbocycles. The van der Waals surface area contributed by atoms with Crippen molar-refractivity contribution in [3.8, 4) is 5.75 Å². The molecule has 4 heterocycles. The van der Waals surface area contributed by atoms with Gasteiger partial charge in [0.15, 0.2) is 5.89 Å². The Morgan fingerprint density at radius 2 is 2.20 bits per heavy atom.